The average molecular weight is 270 g/mol. The molecular formula is C14H20ClNO2. The predicted octanol–water partition coefficient (Wildman–Crippen LogP) is 2.97. The molecule has 1 aromatic carbocycles. The number of carbonyl (C=O) groups is 1. The lowest BCUT2D eigenvalue weighted by Gasteiger charge is -2.18. The molecule has 3 nitrogen and oxygen atoms in total. The monoisotopic (exact) mass is 269 g/mol. The summed E-state index contributed by atoms with van der Waals surface area (Å²) in [6.07, 6.45) is 1.52. The van der Waals surface area contributed by atoms with Crippen molar-refractivity contribution in [1.29, 1.82) is 0 Å². The third-order valence-electron chi connectivity index (χ3n) is 2.99. The Balaban J connectivity index is 2.22. The number of carboxylic acids is 1. The smallest absolute Gasteiger partial charge is 0.309 e. The van der Waals surface area contributed by atoms with Crippen LogP contribution in [0.15, 0.2) is 24.3 Å². The molecule has 2 N–H and O–H groups in total. The van der Waals surface area contributed by atoms with Crippen molar-refractivity contribution in [2.75, 3.05) is 13.1 Å². The molecule has 0 saturated heterocycles. The number of halogens is 1. The number of aliphatic carboxylic acids is 1. The molecule has 1 rings (SSSR count). The van der Waals surface area contributed by atoms with Gasteiger partial charge in [-0.25, -0.2) is 0 Å². The first-order valence-corrected chi connectivity index (χ1v) is 6.48. The maximum Gasteiger partial charge on any atom is 0.309 e. The molecule has 1 aromatic rings. The van der Waals surface area contributed by atoms with Crippen molar-refractivity contribution in [2.24, 2.45) is 5.41 Å². The standard InChI is InChI=1S/C14H20ClNO2/c1-14(2,13(17)18)7-9-16-8-6-11-4-3-5-12(15)10-11/h3-5,10,16H,6-9H2,1-2H3,(H,17,18). The second kappa shape index (κ2) is 6.76. The topological polar surface area (TPSA) is 49.3 Å². The van der Waals surface area contributed by atoms with E-state index in [1.54, 1.807) is 13.8 Å². The summed E-state index contributed by atoms with van der Waals surface area (Å²) < 4.78 is 0. The second-order valence-electron chi connectivity index (χ2n) is 5.07. The molecule has 0 fully saturated rings. The van der Waals surface area contributed by atoms with Gasteiger partial charge >= 0.3 is 5.97 Å². The molecule has 0 heterocycles. The maximum atomic E-state index is 10.9. The summed E-state index contributed by atoms with van der Waals surface area (Å²) in [4.78, 5) is 10.9. The van der Waals surface area contributed by atoms with Gasteiger partial charge in [-0.2, -0.15) is 0 Å². The van der Waals surface area contributed by atoms with Gasteiger partial charge in [-0.1, -0.05) is 23.7 Å². The molecule has 0 aromatic heterocycles. The van der Waals surface area contributed by atoms with E-state index in [-0.39, 0.29) is 0 Å². The van der Waals surface area contributed by atoms with E-state index in [1.165, 1.54) is 5.56 Å². The first-order valence-electron chi connectivity index (χ1n) is 6.10. The van der Waals surface area contributed by atoms with Gasteiger partial charge in [-0.15, -0.1) is 0 Å². The molecule has 0 spiro atoms. The van der Waals surface area contributed by atoms with Crippen molar-refractivity contribution in [3.8, 4) is 0 Å². The number of hydrogen-bond acceptors (Lipinski definition) is 2. The number of benzene rings is 1. The fourth-order valence-electron chi connectivity index (χ4n) is 1.56. The summed E-state index contributed by atoms with van der Waals surface area (Å²) in [7, 11) is 0. The Morgan fingerprint density at radius 3 is 2.72 bits per heavy atom. The Kier molecular flexibility index (Phi) is 5.63. The number of rotatable bonds is 7. The zero-order chi connectivity index (χ0) is 13.6. The van der Waals surface area contributed by atoms with E-state index in [4.69, 9.17) is 16.7 Å². The van der Waals surface area contributed by atoms with Gasteiger partial charge in [-0.05, 0) is 57.5 Å². The molecule has 100 valence electrons. The van der Waals surface area contributed by atoms with E-state index >= 15 is 0 Å². The SMILES string of the molecule is CC(C)(CCNCCc1cccc(Cl)c1)C(=O)O. The third-order valence-corrected chi connectivity index (χ3v) is 3.22. The van der Waals surface area contributed by atoms with Crippen LogP contribution in [0.25, 0.3) is 0 Å². The summed E-state index contributed by atoms with van der Waals surface area (Å²) in [6.45, 7) is 5.03. The first-order chi connectivity index (χ1) is 8.42. The molecular weight excluding hydrogens is 250 g/mol. The molecule has 4 heteroatoms. The molecule has 0 amide bonds. The zero-order valence-electron chi connectivity index (χ0n) is 10.9. The minimum absolute atomic E-state index is 0.623. The summed E-state index contributed by atoms with van der Waals surface area (Å²) in [5.74, 6) is -0.751. The minimum atomic E-state index is -0.751. The lowest BCUT2D eigenvalue weighted by molar-refractivity contribution is -0.147. The second-order valence-corrected chi connectivity index (χ2v) is 5.51. The van der Waals surface area contributed by atoms with Crippen molar-refractivity contribution in [3.63, 3.8) is 0 Å². The van der Waals surface area contributed by atoms with E-state index < -0.39 is 11.4 Å². The molecule has 18 heavy (non-hydrogen) atoms. The average Bonchev–Trinajstić information content (AvgIpc) is 2.28. The van der Waals surface area contributed by atoms with E-state index in [1.807, 2.05) is 24.3 Å². The minimum Gasteiger partial charge on any atom is -0.481 e. The molecule has 0 aliphatic carbocycles. The van der Waals surface area contributed by atoms with Gasteiger partial charge in [0.25, 0.3) is 0 Å². The van der Waals surface area contributed by atoms with Crippen LogP contribution >= 0.6 is 11.6 Å². The van der Waals surface area contributed by atoms with Crippen LogP contribution in [0.1, 0.15) is 25.8 Å². The molecule has 0 radical (unpaired) electrons. The lowest BCUT2D eigenvalue weighted by atomic mass is 9.90. The first kappa shape index (κ1) is 15.0. The summed E-state index contributed by atoms with van der Waals surface area (Å²) in [5, 5.41) is 13.0. The molecule has 0 aliphatic heterocycles. The van der Waals surface area contributed by atoms with Gasteiger partial charge in [0.2, 0.25) is 0 Å². The number of carboxylic acid groups (broad SMARTS) is 1. The quantitative estimate of drug-likeness (QED) is 0.748. The summed E-state index contributed by atoms with van der Waals surface area (Å²) >= 11 is 5.89. The molecule has 0 bridgehead atoms. The van der Waals surface area contributed by atoms with Gasteiger partial charge in [0.05, 0.1) is 5.41 Å². The van der Waals surface area contributed by atoms with Gasteiger partial charge in [0.15, 0.2) is 0 Å². The highest BCUT2D eigenvalue weighted by molar-refractivity contribution is 6.30. The lowest BCUT2D eigenvalue weighted by Crippen LogP contribution is -2.29. The van der Waals surface area contributed by atoms with Crippen LogP contribution in [0.4, 0.5) is 0 Å². The van der Waals surface area contributed by atoms with E-state index in [2.05, 4.69) is 5.32 Å². The molecule has 0 atom stereocenters. The van der Waals surface area contributed by atoms with Crippen LogP contribution in [0, 0.1) is 5.41 Å². The molecule has 0 aliphatic rings. The zero-order valence-corrected chi connectivity index (χ0v) is 11.6. The highest BCUT2D eigenvalue weighted by atomic mass is 35.5. The van der Waals surface area contributed by atoms with Crippen LogP contribution in [0.2, 0.25) is 5.02 Å². The van der Waals surface area contributed by atoms with Crippen LogP contribution in [0.3, 0.4) is 0 Å². The summed E-state index contributed by atoms with van der Waals surface area (Å²) in [6, 6.07) is 7.78. The molecule has 0 unspecified atom stereocenters. The van der Waals surface area contributed by atoms with Crippen LogP contribution < -0.4 is 5.32 Å². The van der Waals surface area contributed by atoms with Gasteiger partial charge in [-0.3, -0.25) is 4.79 Å². The van der Waals surface area contributed by atoms with Gasteiger partial charge in [0, 0.05) is 5.02 Å². The van der Waals surface area contributed by atoms with E-state index in [9.17, 15) is 4.79 Å². The fourth-order valence-corrected chi connectivity index (χ4v) is 1.77. The number of nitrogens with one attached hydrogen (secondary N) is 1. The Bertz CT molecular complexity index is 405. The molecule has 0 saturated carbocycles. The van der Waals surface area contributed by atoms with Crippen molar-refractivity contribution in [3.05, 3.63) is 34.9 Å². The van der Waals surface area contributed by atoms with Crippen molar-refractivity contribution in [1.82, 2.24) is 5.32 Å². The van der Waals surface area contributed by atoms with E-state index in [0.717, 1.165) is 18.0 Å². The van der Waals surface area contributed by atoms with E-state index in [0.29, 0.717) is 13.0 Å². The highest BCUT2D eigenvalue weighted by Gasteiger charge is 2.25. The Morgan fingerprint density at radius 2 is 2.11 bits per heavy atom. The summed E-state index contributed by atoms with van der Waals surface area (Å²) in [5.41, 5.74) is 0.524. The Hall–Kier alpha value is -1.06. The van der Waals surface area contributed by atoms with Crippen molar-refractivity contribution >= 4 is 17.6 Å². The predicted molar refractivity (Wildman–Crippen MR) is 74.1 cm³/mol. The largest absolute Gasteiger partial charge is 0.481 e. The van der Waals surface area contributed by atoms with Crippen molar-refractivity contribution in [2.45, 2.75) is 26.7 Å². The highest BCUT2D eigenvalue weighted by Crippen LogP contribution is 2.19. The maximum absolute atomic E-state index is 10.9. The van der Waals surface area contributed by atoms with Gasteiger partial charge < -0.3 is 10.4 Å². The third kappa shape index (κ3) is 5.07. The van der Waals surface area contributed by atoms with Crippen molar-refractivity contribution < 1.29 is 9.90 Å². The number of hydrogen-bond donors (Lipinski definition) is 2. The normalized spacial score (nSPS) is 11.5. The van der Waals surface area contributed by atoms with Crippen LogP contribution in [-0.4, -0.2) is 24.2 Å². The Morgan fingerprint density at radius 1 is 1.39 bits per heavy atom. The van der Waals surface area contributed by atoms with Gasteiger partial charge in [0.1, 0.15) is 0 Å². The fraction of sp³-hybridized carbons (Fsp3) is 0.500. The Labute approximate surface area is 113 Å². The van der Waals surface area contributed by atoms with Crippen LogP contribution in [-0.2, 0) is 11.2 Å². The van der Waals surface area contributed by atoms with Crippen LogP contribution in [0.5, 0.6) is 0 Å².